The lowest BCUT2D eigenvalue weighted by molar-refractivity contribution is -0.0191. The molecule has 1 N–H and O–H groups in total. The molecular weight excluding hydrogens is 314 g/mol. The minimum atomic E-state index is -0.222. The monoisotopic (exact) mass is 341 g/mol. The Kier molecular flexibility index (Phi) is 5.72. The van der Waals surface area contributed by atoms with Crippen molar-refractivity contribution in [1.82, 2.24) is 9.80 Å². The van der Waals surface area contributed by atoms with Crippen LogP contribution in [0.2, 0.25) is 0 Å². The Morgan fingerprint density at radius 1 is 1.36 bits per heavy atom. The predicted molar refractivity (Wildman–Crippen MR) is 96.1 cm³/mol. The summed E-state index contributed by atoms with van der Waals surface area (Å²) in [5, 5.41) is 18.6. The third kappa shape index (κ3) is 4.20. The Balaban J connectivity index is 1.75. The lowest BCUT2D eigenvalue weighted by Crippen LogP contribution is -2.57. The average molecular weight is 341 g/mol. The number of hydrogen-bond acceptors (Lipinski definition) is 4. The minimum absolute atomic E-state index is 0.0197. The highest BCUT2D eigenvalue weighted by Crippen LogP contribution is 2.30. The lowest BCUT2D eigenvalue weighted by atomic mass is 9.82. The molecule has 1 aliphatic carbocycles. The molecular formula is C20H27N3O2. The van der Waals surface area contributed by atoms with Gasteiger partial charge >= 0.3 is 0 Å². The molecule has 0 spiro atoms. The van der Waals surface area contributed by atoms with Crippen LogP contribution in [0.25, 0.3) is 0 Å². The van der Waals surface area contributed by atoms with Crippen molar-refractivity contribution in [2.24, 2.45) is 5.92 Å². The summed E-state index contributed by atoms with van der Waals surface area (Å²) in [6.07, 6.45) is 5.85. The molecule has 0 unspecified atom stereocenters. The maximum Gasteiger partial charge on any atom is 0.253 e. The molecule has 1 aromatic rings. The number of aliphatic hydroxyl groups excluding tert-OH is 1. The number of β-amino-alcohol motifs (C(OH)–C–C–N with tert-alkyl or cyclic N) is 1. The number of likely N-dealkylation sites (N-methyl/N-ethyl adjacent to an activating group) is 1. The van der Waals surface area contributed by atoms with E-state index in [4.69, 9.17) is 5.26 Å². The third-order valence-corrected chi connectivity index (χ3v) is 5.63. The number of likely N-dealkylation sites (tertiary alicyclic amines) is 1. The van der Waals surface area contributed by atoms with Gasteiger partial charge in [0.1, 0.15) is 0 Å². The molecule has 25 heavy (non-hydrogen) atoms. The molecule has 5 nitrogen and oxygen atoms in total. The molecule has 134 valence electrons. The first-order chi connectivity index (χ1) is 12.1. The number of nitriles is 1. The van der Waals surface area contributed by atoms with Crippen LogP contribution in [0.15, 0.2) is 24.3 Å². The zero-order valence-electron chi connectivity index (χ0n) is 14.9. The Hall–Kier alpha value is -1.90. The number of hydrogen-bond donors (Lipinski definition) is 1. The summed E-state index contributed by atoms with van der Waals surface area (Å²) >= 11 is 0. The second kappa shape index (κ2) is 7.99. The van der Waals surface area contributed by atoms with E-state index in [1.807, 2.05) is 11.9 Å². The molecule has 3 rings (SSSR count). The molecule has 0 radical (unpaired) electrons. The van der Waals surface area contributed by atoms with Crippen LogP contribution in [0.3, 0.4) is 0 Å². The van der Waals surface area contributed by atoms with Crippen LogP contribution in [0.4, 0.5) is 0 Å². The summed E-state index contributed by atoms with van der Waals surface area (Å²) in [5.74, 6) is 0.494. The van der Waals surface area contributed by atoms with Crippen LogP contribution in [0, 0.1) is 17.2 Å². The Labute approximate surface area is 149 Å². The summed E-state index contributed by atoms with van der Waals surface area (Å²) in [4.78, 5) is 17.1. The molecule has 1 saturated heterocycles. The molecule has 1 saturated carbocycles. The summed E-state index contributed by atoms with van der Waals surface area (Å²) in [6.45, 7) is 2.23. The number of aliphatic hydroxyl groups is 1. The highest BCUT2D eigenvalue weighted by Gasteiger charge is 2.34. The molecule has 1 atom stereocenters. The maximum absolute atomic E-state index is 13.0. The van der Waals surface area contributed by atoms with Crippen molar-refractivity contribution in [2.75, 3.05) is 26.7 Å². The fraction of sp³-hybridized carbons (Fsp3) is 0.600. The van der Waals surface area contributed by atoms with E-state index in [0.29, 0.717) is 30.1 Å². The number of carbonyl (C=O) groups is 1. The first-order valence-electron chi connectivity index (χ1n) is 9.26. The number of rotatable bonds is 5. The largest absolute Gasteiger partial charge is 0.390 e. The van der Waals surface area contributed by atoms with E-state index in [0.717, 1.165) is 19.4 Å². The van der Waals surface area contributed by atoms with Gasteiger partial charge in [-0.3, -0.25) is 9.69 Å². The van der Waals surface area contributed by atoms with E-state index < -0.39 is 0 Å². The quantitative estimate of drug-likeness (QED) is 0.892. The van der Waals surface area contributed by atoms with E-state index in [1.54, 1.807) is 24.3 Å². The lowest BCUT2D eigenvalue weighted by Gasteiger charge is -2.44. The van der Waals surface area contributed by atoms with Crippen molar-refractivity contribution in [2.45, 2.75) is 44.2 Å². The molecule has 5 heteroatoms. The molecule has 1 amide bonds. The topological polar surface area (TPSA) is 67.6 Å². The van der Waals surface area contributed by atoms with Gasteiger partial charge in [0.05, 0.1) is 17.7 Å². The van der Waals surface area contributed by atoms with Gasteiger partial charge in [-0.15, -0.1) is 0 Å². The maximum atomic E-state index is 13.0. The number of amides is 1. The molecule has 1 aliphatic heterocycles. The van der Waals surface area contributed by atoms with E-state index >= 15 is 0 Å². The van der Waals surface area contributed by atoms with Crippen molar-refractivity contribution in [1.29, 1.82) is 5.26 Å². The second-order valence-electron chi connectivity index (χ2n) is 7.45. The Bertz CT molecular complexity index is 643. The molecule has 2 fully saturated rings. The molecule has 0 bridgehead atoms. The van der Waals surface area contributed by atoms with Gasteiger partial charge in [-0.2, -0.15) is 5.26 Å². The zero-order valence-corrected chi connectivity index (χ0v) is 14.9. The third-order valence-electron chi connectivity index (χ3n) is 5.63. The van der Waals surface area contributed by atoms with E-state index in [-0.39, 0.29) is 18.1 Å². The number of benzene rings is 1. The number of carbonyl (C=O) groups excluding carboxylic acids is 1. The van der Waals surface area contributed by atoms with Gasteiger partial charge in [-0.25, -0.2) is 0 Å². The second-order valence-corrected chi connectivity index (χ2v) is 7.45. The van der Waals surface area contributed by atoms with Crippen LogP contribution in [0.1, 0.15) is 48.0 Å². The summed E-state index contributed by atoms with van der Waals surface area (Å²) in [6, 6.07) is 9.20. The van der Waals surface area contributed by atoms with Gasteiger partial charge in [-0.1, -0.05) is 25.3 Å². The SMILES string of the molecule is CN(C(=O)c1cccc(C#N)c1)[C@H](CN1CC(O)C1)C1CCCCC1. The van der Waals surface area contributed by atoms with E-state index in [2.05, 4.69) is 11.0 Å². The van der Waals surface area contributed by atoms with Crippen LogP contribution < -0.4 is 0 Å². The van der Waals surface area contributed by atoms with Gasteiger partial charge in [0.2, 0.25) is 0 Å². The highest BCUT2D eigenvalue weighted by molar-refractivity contribution is 5.94. The standard InChI is InChI=1S/C20H27N3O2/c1-22(20(25)17-9-5-6-15(10-17)11-21)19(14-23-12-18(24)13-23)16-7-3-2-4-8-16/h5-6,9-10,16,18-19,24H,2-4,7-8,12-14H2,1H3/t19-/m1/s1. The smallest absolute Gasteiger partial charge is 0.253 e. The minimum Gasteiger partial charge on any atom is -0.390 e. The van der Waals surface area contributed by atoms with Crippen molar-refractivity contribution in [3.63, 3.8) is 0 Å². The van der Waals surface area contributed by atoms with Crippen LogP contribution in [-0.4, -0.2) is 59.6 Å². The normalized spacial score (nSPS) is 20.5. The molecule has 0 aromatic heterocycles. The van der Waals surface area contributed by atoms with E-state index in [9.17, 15) is 9.90 Å². The van der Waals surface area contributed by atoms with Gasteiger partial charge in [0.25, 0.3) is 5.91 Å². The number of nitrogens with zero attached hydrogens (tertiary/aromatic N) is 3. The highest BCUT2D eigenvalue weighted by atomic mass is 16.3. The predicted octanol–water partition coefficient (Wildman–Crippen LogP) is 2.26. The molecule has 2 aliphatic rings. The van der Waals surface area contributed by atoms with Crippen molar-refractivity contribution < 1.29 is 9.90 Å². The molecule has 1 heterocycles. The van der Waals surface area contributed by atoms with Crippen LogP contribution >= 0.6 is 0 Å². The van der Waals surface area contributed by atoms with Crippen LogP contribution in [-0.2, 0) is 0 Å². The Morgan fingerprint density at radius 2 is 2.08 bits per heavy atom. The fourth-order valence-corrected chi connectivity index (χ4v) is 4.14. The van der Waals surface area contributed by atoms with E-state index in [1.165, 1.54) is 19.3 Å². The van der Waals surface area contributed by atoms with Crippen molar-refractivity contribution in [3.05, 3.63) is 35.4 Å². The van der Waals surface area contributed by atoms with Crippen molar-refractivity contribution in [3.8, 4) is 6.07 Å². The van der Waals surface area contributed by atoms with Gasteiger partial charge < -0.3 is 10.0 Å². The zero-order chi connectivity index (χ0) is 17.8. The van der Waals surface area contributed by atoms with Crippen LogP contribution in [0.5, 0.6) is 0 Å². The first kappa shape index (κ1) is 17.9. The fourth-order valence-electron chi connectivity index (χ4n) is 4.14. The summed E-state index contributed by atoms with van der Waals surface area (Å²) in [7, 11) is 1.89. The summed E-state index contributed by atoms with van der Waals surface area (Å²) in [5.41, 5.74) is 1.09. The van der Waals surface area contributed by atoms with Crippen molar-refractivity contribution >= 4 is 5.91 Å². The Morgan fingerprint density at radius 3 is 2.72 bits per heavy atom. The molecule has 1 aromatic carbocycles. The van der Waals surface area contributed by atoms with Gasteiger partial charge in [0, 0.05) is 38.3 Å². The summed E-state index contributed by atoms with van der Waals surface area (Å²) < 4.78 is 0. The average Bonchev–Trinajstić information content (AvgIpc) is 2.64. The first-order valence-corrected chi connectivity index (χ1v) is 9.26. The van der Waals surface area contributed by atoms with Gasteiger partial charge in [-0.05, 0) is 37.0 Å². The van der Waals surface area contributed by atoms with Gasteiger partial charge in [0.15, 0.2) is 0 Å².